The van der Waals surface area contributed by atoms with Gasteiger partial charge < -0.3 is 9.84 Å². The Morgan fingerprint density at radius 1 is 1.31 bits per heavy atom. The molecule has 9 heteroatoms. The molecule has 0 atom stereocenters. The molecular weight excluding hydrogens is 435 g/mol. The van der Waals surface area contributed by atoms with E-state index < -0.39 is 5.97 Å². The van der Waals surface area contributed by atoms with Crippen molar-refractivity contribution in [3.05, 3.63) is 62.5 Å². The second kappa shape index (κ2) is 8.90. The molecule has 29 heavy (non-hydrogen) atoms. The van der Waals surface area contributed by atoms with E-state index in [0.29, 0.717) is 43.7 Å². The van der Waals surface area contributed by atoms with Crippen molar-refractivity contribution in [3.63, 3.8) is 0 Å². The third-order valence-electron chi connectivity index (χ3n) is 4.05. The summed E-state index contributed by atoms with van der Waals surface area (Å²) in [5, 5.41) is 10.4. The lowest BCUT2D eigenvalue weighted by atomic mass is 10.2. The molecule has 0 radical (unpaired) electrons. The Balaban J connectivity index is 2.01. The first-order valence-corrected chi connectivity index (χ1v) is 10.1. The molecular formula is C20H16Cl2N2O4S. The van der Waals surface area contributed by atoms with E-state index in [0.717, 1.165) is 0 Å². The van der Waals surface area contributed by atoms with Crippen LogP contribution in [-0.4, -0.2) is 40.7 Å². The van der Waals surface area contributed by atoms with Gasteiger partial charge in [-0.2, -0.15) is 0 Å². The number of aromatic carboxylic acids is 1. The predicted molar refractivity (Wildman–Crippen MR) is 116 cm³/mol. The van der Waals surface area contributed by atoms with Crippen LogP contribution in [0.2, 0.25) is 10.0 Å². The van der Waals surface area contributed by atoms with Crippen LogP contribution < -0.4 is 4.74 Å². The van der Waals surface area contributed by atoms with Gasteiger partial charge in [-0.25, -0.2) is 9.79 Å². The second-order valence-corrected chi connectivity index (χ2v) is 7.77. The van der Waals surface area contributed by atoms with E-state index in [1.165, 1.54) is 35.9 Å². The summed E-state index contributed by atoms with van der Waals surface area (Å²) in [6.07, 6.45) is 1.66. The minimum atomic E-state index is -1.04. The number of carboxylic acid groups (broad SMARTS) is 1. The highest BCUT2D eigenvalue weighted by Crippen LogP contribution is 2.38. The summed E-state index contributed by atoms with van der Waals surface area (Å²) in [7, 11) is 1.49. The summed E-state index contributed by atoms with van der Waals surface area (Å²) in [6.45, 7) is 2.25. The van der Waals surface area contributed by atoms with Crippen molar-refractivity contribution in [2.75, 3.05) is 13.7 Å². The van der Waals surface area contributed by atoms with Crippen LogP contribution in [0, 0.1) is 0 Å². The summed E-state index contributed by atoms with van der Waals surface area (Å²) in [4.78, 5) is 30.4. The van der Waals surface area contributed by atoms with Gasteiger partial charge in [-0.3, -0.25) is 9.69 Å². The number of nitrogens with zero attached hydrogens (tertiary/aromatic N) is 2. The molecule has 0 aromatic heterocycles. The molecule has 2 aromatic carbocycles. The maximum absolute atomic E-state index is 12.8. The quantitative estimate of drug-likeness (QED) is 0.623. The van der Waals surface area contributed by atoms with Crippen molar-refractivity contribution < 1.29 is 19.4 Å². The van der Waals surface area contributed by atoms with Crippen molar-refractivity contribution in [1.82, 2.24) is 4.90 Å². The minimum Gasteiger partial charge on any atom is -0.495 e. The van der Waals surface area contributed by atoms with Crippen molar-refractivity contribution in [1.29, 1.82) is 0 Å². The smallest absolute Gasteiger partial charge is 0.335 e. The van der Waals surface area contributed by atoms with Crippen LogP contribution >= 0.6 is 35.0 Å². The highest BCUT2D eigenvalue weighted by molar-refractivity contribution is 8.18. The van der Waals surface area contributed by atoms with E-state index in [9.17, 15) is 9.59 Å². The highest BCUT2D eigenvalue weighted by Gasteiger charge is 2.32. The number of carbonyl (C=O) groups excluding carboxylic acids is 1. The lowest BCUT2D eigenvalue weighted by Crippen LogP contribution is -2.28. The fraction of sp³-hybridized carbons (Fsp3) is 0.150. The van der Waals surface area contributed by atoms with E-state index >= 15 is 0 Å². The number of benzene rings is 2. The molecule has 1 saturated heterocycles. The normalized spacial score (nSPS) is 16.7. The monoisotopic (exact) mass is 450 g/mol. The van der Waals surface area contributed by atoms with Crippen molar-refractivity contribution in [3.8, 4) is 5.75 Å². The maximum atomic E-state index is 12.8. The average molecular weight is 451 g/mol. The second-order valence-electron chi connectivity index (χ2n) is 5.92. The number of methoxy groups -OCH3 is 1. The molecule has 0 saturated carbocycles. The van der Waals surface area contributed by atoms with Crippen LogP contribution in [0.1, 0.15) is 22.8 Å². The van der Waals surface area contributed by atoms with Crippen LogP contribution in [-0.2, 0) is 4.79 Å². The molecule has 2 aromatic rings. The largest absolute Gasteiger partial charge is 0.495 e. The molecule has 0 spiro atoms. The molecule has 1 heterocycles. The van der Waals surface area contributed by atoms with Gasteiger partial charge in [-0.05, 0) is 55.1 Å². The number of hydrogen-bond acceptors (Lipinski definition) is 5. The number of carboxylic acids is 1. The average Bonchev–Trinajstić information content (AvgIpc) is 2.96. The van der Waals surface area contributed by atoms with E-state index in [-0.39, 0.29) is 11.5 Å². The molecule has 3 rings (SSSR count). The van der Waals surface area contributed by atoms with Gasteiger partial charge in [-0.1, -0.05) is 29.3 Å². The Kier molecular flexibility index (Phi) is 6.52. The molecule has 0 aliphatic carbocycles. The number of amides is 1. The Bertz CT molecular complexity index is 1050. The van der Waals surface area contributed by atoms with Crippen molar-refractivity contribution in [2.24, 2.45) is 4.99 Å². The van der Waals surface area contributed by atoms with E-state index in [2.05, 4.69) is 4.99 Å². The van der Waals surface area contributed by atoms with Crippen LogP contribution in [0.3, 0.4) is 0 Å². The molecule has 1 fully saturated rings. The van der Waals surface area contributed by atoms with Crippen LogP contribution in [0.4, 0.5) is 5.69 Å². The van der Waals surface area contributed by atoms with Crippen LogP contribution in [0.25, 0.3) is 6.08 Å². The molecule has 1 aliphatic heterocycles. The third kappa shape index (κ3) is 4.58. The number of ether oxygens (including phenoxy) is 1. The van der Waals surface area contributed by atoms with E-state index in [4.69, 9.17) is 33.0 Å². The van der Waals surface area contributed by atoms with Gasteiger partial charge in [0.1, 0.15) is 5.75 Å². The molecule has 1 aliphatic rings. The van der Waals surface area contributed by atoms with Crippen molar-refractivity contribution in [2.45, 2.75) is 6.92 Å². The lowest BCUT2D eigenvalue weighted by Gasteiger charge is -2.12. The number of rotatable bonds is 5. The molecule has 6 nitrogen and oxygen atoms in total. The predicted octanol–water partition coefficient (Wildman–Crippen LogP) is 5.32. The summed E-state index contributed by atoms with van der Waals surface area (Å²) < 4.78 is 5.33. The van der Waals surface area contributed by atoms with E-state index in [1.54, 1.807) is 30.3 Å². The number of amidine groups is 1. The standard InChI is InChI=1S/C20H16Cl2N2O4S/c1-3-24-18(25)16(9-12-7-13(21)10-15(22)17(12)28-2)29-20(24)23-14-6-4-5-11(8-14)19(26)27/h4-10H,3H2,1-2H3,(H,26,27). The number of carbonyl (C=O) groups is 2. The molecule has 0 unspecified atom stereocenters. The van der Waals surface area contributed by atoms with Gasteiger partial charge in [-0.15, -0.1) is 0 Å². The number of aliphatic imine (C=N–C) groups is 1. The summed E-state index contributed by atoms with van der Waals surface area (Å²) in [5.74, 6) is -0.844. The fourth-order valence-corrected chi connectivity index (χ4v) is 4.37. The Morgan fingerprint density at radius 3 is 2.72 bits per heavy atom. The lowest BCUT2D eigenvalue weighted by molar-refractivity contribution is -0.122. The number of halogens is 2. The number of hydrogen-bond donors (Lipinski definition) is 1. The zero-order valence-corrected chi connectivity index (χ0v) is 17.8. The highest BCUT2D eigenvalue weighted by atomic mass is 35.5. The van der Waals surface area contributed by atoms with Crippen LogP contribution in [0.15, 0.2) is 46.3 Å². The molecule has 1 N–H and O–H groups in total. The van der Waals surface area contributed by atoms with Crippen molar-refractivity contribution >= 4 is 63.8 Å². The molecule has 1 amide bonds. The first-order valence-electron chi connectivity index (χ1n) is 8.50. The first kappa shape index (κ1) is 21.2. The van der Waals surface area contributed by atoms with Gasteiger partial charge >= 0.3 is 5.97 Å². The third-order valence-corrected chi connectivity index (χ3v) is 5.56. The Labute approximate surface area is 181 Å². The SMILES string of the molecule is CCN1C(=O)C(=Cc2cc(Cl)cc(Cl)c2OC)SC1=Nc1cccc(C(=O)O)c1. The Morgan fingerprint density at radius 2 is 2.07 bits per heavy atom. The topological polar surface area (TPSA) is 79.2 Å². The summed E-state index contributed by atoms with van der Waals surface area (Å²) >= 11 is 13.5. The van der Waals surface area contributed by atoms with Gasteiger partial charge in [0.25, 0.3) is 5.91 Å². The van der Waals surface area contributed by atoms with Gasteiger partial charge in [0, 0.05) is 17.1 Å². The minimum absolute atomic E-state index is 0.123. The fourth-order valence-electron chi connectivity index (χ4n) is 2.73. The molecule has 150 valence electrons. The van der Waals surface area contributed by atoms with Gasteiger partial charge in [0.05, 0.1) is 28.3 Å². The van der Waals surface area contributed by atoms with Gasteiger partial charge in [0.15, 0.2) is 5.17 Å². The number of likely N-dealkylation sites (N-methyl/N-ethyl adjacent to an activating group) is 1. The van der Waals surface area contributed by atoms with Crippen LogP contribution in [0.5, 0.6) is 5.75 Å². The zero-order chi connectivity index (χ0) is 21.1. The van der Waals surface area contributed by atoms with E-state index in [1.807, 2.05) is 6.92 Å². The first-order chi connectivity index (χ1) is 13.8. The summed E-state index contributed by atoms with van der Waals surface area (Å²) in [5.41, 5.74) is 1.15. The molecule has 0 bridgehead atoms. The summed E-state index contributed by atoms with van der Waals surface area (Å²) in [6, 6.07) is 9.45. The maximum Gasteiger partial charge on any atom is 0.335 e. The number of thioether (sulfide) groups is 1. The Hall–Kier alpha value is -2.48. The van der Waals surface area contributed by atoms with Gasteiger partial charge in [0.2, 0.25) is 0 Å². The zero-order valence-electron chi connectivity index (χ0n) is 15.5.